The third kappa shape index (κ3) is 3.51. The van der Waals surface area contributed by atoms with Gasteiger partial charge in [0.05, 0.1) is 0 Å². The quantitative estimate of drug-likeness (QED) is 0.711. The second kappa shape index (κ2) is 4.15. The molecule has 15 heavy (non-hydrogen) atoms. The molecule has 0 unspecified atom stereocenters. The lowest BCUT2D eigenvalue weighted by Gasteiger charge is -2.36. The Bertz CT molecular complexity index is 246. The fourth-order valence-corrected chi connectivity index (χ4v) is 1.43. The van der Waals surface area contributed by atoms with Crippen LogP contribution in [-0.4, -0.2) is 26.9 Å². The lowest BCUT2D eigenvalue weighted by Crippen LogP contribution is -2.47. The first-order chi connectivity index (χ1) is 6.44. The van der Waals surface area contributed by atoms with Gasteiger partial charge >= 0.3 is 11.9 Å². The fraction of sp³-hybridized carbons (Fsp3) is 0.889. The van der Waals surface area contributed by atoms with Gasteiger partial charge in [0.2, 0.25) is 0 Å². The molecule has 0 spiro atoms. The Hall–Kier alpha value is -0.523. The molecule has 0 saturated carbocycles. The Morgan fingerprint density at radius 2 is 1.67 bits per heavy atom. The summed E-state index contributed by atoms with van der Waals surface area (Å²) in [6, 6.07) is 0. The third-order valence-corrected chi connectivity index (χ3v) is 6.93. The van der Waals surface area contributed by atoms with E-state index in [1.807, 2.05) is 0 Å². The molecule has 0 rings (SSSR count). The normalized spacial score (nSPS) is 13.9. The van der Waals surface area contributed by atoms with Gasteiger partial charge in [-0.25, -0.2) is 9.18 Å². The molecule has 0 N–H and O–H groups in total. The van der Waals surface area contributed by atoms with E-state index in [4.69, 9.17) is 4.43 Å². The molecular formula is C9H17F3O2Si. The summed E-state index contributed by atoms with van der Waals surface area (Å²) in [5, 5.41) is -0.366. The van der Waals surface area contributed by atoms with Crippen LogP contribution in [0, 0.1) is 0 Å². The molecule has 0 aromatic heterocycles. The van der Waals surface area contributed by atoms with E-state index in [9.17, 15) is 18.0 Å². The number of carbonyl (C=O) groups excluding carboxylic acids is 1. The standard InChI is InChI=1S/C9H17F3O2Si/c1-8(2,3)15(4,5)14-7(13)9(11,12)6-10/h6H2,1-5H3. The molecule has 0 saturated heterocycles. The second-order valence-electron chi connectivity index (χ2n) is 4.99. The zero-order valence-electron chi connectivity index (χ0n) is 9.66. The van der Waals surface area contributed by atoms with E-state index < -0.39 is 26.9 Å². The monoisotopic (exact) mass is 242 g/mol. The summed E-state index contributed by atoms with van der Waals surface area (Å²) in [4.78, 5) is 11.0. The Morgan fingerprint density at radius 3 is 1.93 bits per heavy atom. The molecule has 0 fully saturated rings. The van der Waals surface area contributed by atoms with Crippen LogP contribution in [-0.2, 0) is 9.22 Å². The molecule has 0 aliphatic heterocycles. The van der Waals surface area contributed by atoms with Crippen molar-refractivity contribution in [1.82, 2.24) is 0 Å². The molecule has 0 heterocycles. The van der Waals surface area contributed by atoms with Crippen LogP contribution in [0.3, 0.4) is 0 Å². The molecule has 6 heteroatoms. The summed E-state index contributed by atoms with van der Waals surface area (Å²) in [7, 11) is -2.59. The highest BCUT2D eigenvalue weighted by molar-refractivity contribution is 6.75. The summed E-state index contributed by atoms with van der Waals surface area (Å²) >= 11 is 0. The van der Waals surface area contributed by atoms with Crippen LogP contribution in [0.15, 0.2) is 0 Å². The molecule has 0 bridgehead atoms. The van der Waals surface area contributed by atoms with Crippen molar-refractivity contribution in [3.05, 3.63) is 0 Å². The van der Waals surface area contributed by atoms with Crippen LogP contribution in [0.5, 0.6) is 0 Å². The van der Waals surface area contributed by atoms with E-state index in [2.05, 4.69) is 0 Å². The van der Waals surface area contributed by atoms with Crippen LogP contribution in [0.2, 0.25) is 18.1 Å². The number of hydrogen-bond donors (Lipinski definition) is 0. The third-order valence-electron chi connectivity index (χ3n) is 2.62. The van der Waals surface area contributed by atoms with Crippen molar-refractivity contribution < 1.29 is 22.4 Å². The van der Waals surface area contributed by atoms with Crippen molar-refractivity contribution in [1.29, 1.82) is 0 Å². The van der Waals surface area contributed by atoms with Gasteiger partial charge in [-0.15, -0.1) is 0 Å². The fourth-order valence-electron chi connectivity index (χ4n) is 0.514. The van der Waals surface area contributed by atoms with Gasteiger partial charge in [-0.1, -0.05) is 20.8 Å². The van der Waals surface area contributed by atoms with E-state index in [0.29, 0.717) is 0 Å². The van der Waals surface area contributed by atoms with E-state index in [-0.39, 0.29) is 5.04 Å². The minimum Gasteiger partial charge on any atom is -0.515 e. The van der Waals surface area contributed by atoms with Gasteiger partial charge in [0.1, 0.15) is 0 Å². The first-order valence-corrected chi connectivity index (χ1v) is 7.52. The Balaban J connectivity index is 4.70. The molecule has 0 radical (unpaired) electrons. The molecule has 0 aliphatic carbocycles. The van der Waals surface area contributed by atoms with E-state index in [0.717, 1.165) is 0 Å². The van der Waals surface area contributed by atoms with Gasteiger partial charge in [-0.05, 0) is 18.1 Å². The molecule has 0 atom stereocenters. The maximum Gasteiger partial charge on any atom is 0.369 e. The zero-order chi connectivity index (χ0) is 12.5. The molecule has 90 valence electrons. The van der Waals surface area contributed by atoms with Crippen LogP contribution >= 0.6 is 0 Å². The van der Waals surface area contributed by atoms with Gasteiger partial charge in [0.25, 0.3) is 8.32 Å². The number of hydrogen-bond acceptors (Lipinski definition) is 2. The van der Waals surface area contributed by atoms with E-state index in [1.165, 1.54) is 0 Å². The Morgan fingerprint density at radius 1 is 1.27 bits per heavy atom. The van der Waals surface area contributed by atoms with Gasteiger partial charge in [0.15, 0.2) is 6.67 Å². The first-order valence-electron chi connectivity index (χ1n) is 4.61. The van der Waals surface area contributed by atoms with Crippen molar-refractivity contribution in [3.8, 4) is 0 Å². The lowest BCUT2D eigenvalue weighted by molar-refractivity contribution is -0.164. The second-order valence-corrected chi connectivity index (χ2v) is 9.71. The predicted molar refractivity (Wildman–Crippen MR) is 54.2 cm³/mol. The summed E-state index contributed by atoms with van der Waals surface area (Å²) in [5.41, 5.74) is 0. The minimum atomic E-state index is -4.02. The van der Waals surface area contributed by atoms with Gasteiger partial charge < -0.3 is 4.43 Å². The molecular weight excluding hydrogens is 225 g/mol. The largest absolute Gasteiger partial charge is 0.515 e. The highest BCUT2D eigenvalue weighted by Gasteiger charge is 2.48. The number of carbonyl (C=O) groups is 1. The van der Waals surface area contributed by atoms with Crippen LogP contribution in [0.25, 0.3) is 0 Å². The van der Waals surface area contributed by atoms with Gasteiger partial charge in [-0.2, -0.15) is 8.78 Å². The number of rotatable bonds is 3. The van der Waals surface area contributed by atoms with Crippen molar-refractivity contribution in [3.63, 3.8) is 0 Å². The maximum absolute atomic E-state index is 12.6. The van der Waals surface area contributed by atoms with Crippen LogP contribution in [0.1, 0.15) is 20.8 Å². The van der Waals surface area contributed by atoms with Crippen molar-refractivity contribution in [2.45, 2.75) is 44.8 Å². The maximum atomic E-state index is 12.6. The SMILES string of the molecule is CC(C)(C)[Si](C)(C)OC(=O)C(F)(F)CF. The lowest BCUT2D eigenvalue weighted by atomic mass is 10.2. The summed E-state index contributed by atoms with van der Waals surface area (Å²) in [5.74, 6) is -5.77. The van der Waals surface area contributed by atoms with Crippen molar-refractivity contribution in [2.75, 3.05) is 6.67 Å². The summed E-state index contributed by atoms with van der Waals surface area (Å²) in [6.45, 7) is 6.71. The van der Waals surface area contributed by atoms with Gasteiger partial charge in [0, 0.05) is 0 Å². The summed E-state index contributed by atoms with van der Waals surface area (Å²) < 4.78 is 41.9. The topological polar surface area (TPSA) is 26.3 Å². The minimum absolute atomic E-state index is 0.366. The molecule has 0 aromatic carbocycles. The summed E-state index contributed by atoms with van der Waals surface area (Å²) in [6.07, 6.45) is 0. The van der Waals surface area contributed by atoms with Crippen molar-refractivity contribution in [2.24, 2.45) is 0 Å². The van der Waals surface area contributed by atoms with Crippen LogP contribution < -0.4 is 0 Å². The zero-order valence-corrected chi connectivity index (χ0v) is 10.7. The Labute approximate surface area is 88.9 Å². The van der Waals surface area contributed by atoms with Crippen molar-refractivity contribution >= 4 is 14.3 Å². The van der Waals surface area contributed by atoms with E-state index >= 15 is 0 Å². The highest BCUT2D eigenvalue weighted by atomic mass is 28.4. The molecule has 0 aromatic rings. The van der Waals surface area contributed by atoms with Crippen LogP contribution in [0.4, 0.5) is 13.2 Å². The number of alkyl halides is 3. The van der Waals surface area contributed by atoms with Gasteiger partial charge in [-0.3, -0.25) is 0 Å². The highest BCUT2D eigenvalue weighted by Crippen LogP contribution is 2.37. The van der Waals surface area contributed by atoms with E-state index in [1.54, 1.807) is 33.9 Å². The Kier molecular flexibility index (Phi) is 4.01. The smallest absolute Gasteiger partial charge is 0.369 e. The molecule has 2 nitrogen and oxygen atoms in total. The first kappa shape index (κ1) is 14.5. The average Bonchev–Trinajstić information content (AvgIpc) is 2.01. The predicted octanol–water partition coefficient (Wildman–Crippen LogP) is 3.14. The molecule has 0 aliphatic rings. The number of halogens is 3. The average molecular weight is 242 g/mol. The molecule has 0 amide bonds.